The third-order valence-electron chi connectivity index (χ3n) is 3.14. The molecule has 0 bridgehead atoms. The first kappa shape index (κ1) is 17.7. The number of nitrogens with one attached hydrogen (secondary N) is 1. The van der Waals surface area contributed by atoms with Crippen LogP contribution in [-0.4, -0.2) is 37.0 Å². The van der Waals surface area contributed by atoms with Crippen LogP contribution in [0.15, 0.2) is 47.4 Å². The number of carboxylic acids is 1. The van der Waals surface area contributed by atoms with Crippen LogP contribution in [0.2, 0.25) is 0 Å². The van der Waals surface area contributed by atoms with Crippen LogP contribution in [0, 0.1) is 0 Å². The van der Waals surface area contributed by atoms with Crippen molar-refractivity contribution in [3.05, 3.63) is 48.0 Å². The van der Waals surface area contributed by atoms with Gasteiger partial charge in [0, 0.05) is 16.6 Å². The number of rotatable bonds is 7. The number of carboxylic acid groups (broad SMARTS) is 1. The van der Waals surface area contributed by atoms with Gasteiger partial charge in [-0.3, -0.25) is 4.79 Å². The molecule has 2 N–H and O–H groups in total. The molecule has 6 nitrogen and oxygen atoms in total. The maximum atomic E-state index is 12.1. The minimum absolute atomic E-state index is 0.0959. The first-order chi connectivity index (χ1) is 11.5. The number of hydrogen-bond acceptors (Lipinski definition) is 5. The zero-order valence-corrected chi connectivity index (χ0v) is 14.1. The zero-order valence-electron chi connectivity index (χ0n) is 13.2. The fourth-order valence-electron chi connectivity index (χ4n) is 2.02. The molecule has 0 aliphatic rings. The minimum Gasteiger partial charge on any atom is -0.493 e. The second-order valence-electron chi connectivity index (χ2n) is 4.71. The van der Waals surface area contributed by atoms with Crippen LogP contribution in [0.3, 0.4) is 0 Å². The summed E-state index contributed by atoms with van der Waals surface area (Å²) >= 11 is 1.17. The van der Waals surface area contributed by atoms with Gasteiger partial charge in [0.2, 0.25) is 5.91 Å². The molecule has 0 radical (unpaired) electrons. The molecular weight excluding hydrogens is 330 g/mol. The Morgan fingerprint density at radius 3 is 2.46 bits per heavy atom. The molecule has 0 aliphatic heterocycles. The largest absolute Gasteiger partial charge is 0.493 e. The van der Waals surface area contributed by atoms with Gasteiger partial charge in [-0.1, -0.05) is 12.1 Å². The van der Waals surface area contributed by atoms with Crippen molar-refractivity contribution in [2.24, 2.45) is 0 Å². The van der Waals surface area contributed by atoms with Gasteiger partial charge in [-0.05, 0) is 24.3 Å². The topological polar surface area (TPSA) is 84.9 Å². The Morgan fingerprint density at radius 2 is 1.79 bits per heavy atom. The van der Waals surface area contributed by atoms with Gasteiger partial charge in [0.05, 0.1) is 25.5 Å². The number of anilines is 1. The van der Waals surface area contributed by atoms with Gasteiger partial charge < -0.3 is 19.9 Å². The second-order valence-corrected chi connectivity index (χ2v) is 5.73. The zero-order chi connectivity index (χ0) is 17.5. The molecule has 0 aromatic heterocycles. The van der Waals surface area contributed by atoms with Crippen LogP contribution in [0.4, 0.5) is 5.69 Å². The molecular formula is C17H17NO5S. The molecule has 0 saturated heterocycles. The van der Waals surface area contributed by atoms with Crippen molar-refractivity contribution in [2.45, 2.75) is 4.90 Å². The summed E-state index contributed by atoms with van der Waals surface area (Å²) in [6, 6.07) is 11.6. The van der Waals surface area contributed by atoms with E-state index in [1.807, 2.05) is 0 Å². The highest BCUT2D eigenvalue weighted by atomic mass is 32.2. The third-order valence-corrected chi connectivity index (χ3v) is 4.22. The summed E-state index contributed by atoms with van der Waals surface area (Å²) in [5.74, 6) is -0.0798. The summed E-state index contributed by atoms with van der Waals surface area (Å²) in [6.07, 6.45) is 0. The average Bonchev–Trinajstić information content (AvgIpc) is 2.60. The van der Waals surface area contributed by atoms with Gasteiger partial charge in [-0.2, -0.15) is 0 Å². The molecule has 2 aromatic carbocycles. The molecule has 0 heterocycles. The Bertz CT molecular complexity index is 748. The van der Waals surface area contributed by atoms with Crippen LogP contribution in [0.25, 0.3) is 0 Å². The Kier molecular flexibility index (Phi) is 6.08. The molecule has 0 fully saturated rings. The molecule has 0 unspecified atom stereocenters. The number of amides is 1. The standard InChI is InChI=1S/C17H17NO5S/c1-22-13-8-7-11(9-14(13)23-2)18-16(19)10-24-15-6-4-3-5-12(15)17(20)21/h3-9H,10H2,1-2H3,(H,18,19)(H,20,21). The third kappa shape index (κ3) is 4.42. The van der Waals surface area contributed by atoms with E-state index in [-0.39, 0.29) is 17.2 Å². The number of benzene rings is 2. The Balaban J connectivity index is 2.00. The summed E-state index contributed by atoms with van der Waals surface area (Å²) in [5.41, 5.74) is 0.756. The summed E-state index contributed by atoms with van der Waals surface area (Å²) in [4.78, 5) is 23.8. The number of methoxy groups -OCH3 is 2. The van der Waals surface area contributed by atoms with E-state index in [4.69, 9.17) is 14.6 Å². The fraction of sp³-hybridized carbons (Fsp3) is 0.176. The number of aromatic carboxylic acids is 1. The number of hydrogen-bond donors (Lipinski definition) is 2. The summed E-state index contributed by atoms with van der Waals surface area (Å²) in [7, 11) is 3.05. The number of carbonyl (C=O) groups is 2. The van der Waals surface area contributed by atoms with Gasteiger partial charge in [-0.25, -0.2) is 4.79 Å². The van der Waals surface area contributed by atoms with Crippen LogP contribution < -0.4 is 14.8 Å². The highest BCUT2D eigenvalue weighted by molar-refractivity contribution is 8.00. The van der Waals surface area contributed by atoms with E-state index >= 15 is 0 Å². The SMILES string of the molecule is COc1ccc(NC(=O)CSc2ccccc2C(=O)O)cc1OC. The predicted octanol–water partition coefficient (Wildman–Crippen LogP) is 3.13. The van der Waals surface area contributed by atoms with Gasteiger partial charge in [-0.15, -0.1) is 11.8 Å². The highest BCUT2D eigenvalue weighted by Crippen LogP contribution is 2.30. The first-order valence-corrected chi connectivity index (χ1v) is 8.00. The van der Waals surface area contributed by atoms with Crippen molar-refractivity contribution in [3.8, 4) is 11.5 Å². The molecule has 0 spiro atoms. The normalized spacial score (nSPS) is 10.1. The van der Waals surface area contributed by atoms with Gasteiger partial charge >= 0.3 is 5.97 Å². The molecule has 126 valence electrons. The number of thioether (sulfide) groups is 1. The minimum atomic E-state index is -1.02. The van der Waals surface area contributed by atoms with Crippen molar-refractivity contribution in [3.63, 3.8) is 0 Å². The lowest BCUT2D eigenvalue weighted by molar-refractivity contribution is -0.113. The summed E-state index contributed by atoms with van der Waals surface area (Å²) in [6.45, 7) is 0. The molecule has 0 saturated carbocycles. The van der Waals surface area contributed by atoms with Gasteiger partial charge in [0.25, 0.3) is 0 Å². The van der Waals surface area contributed by atoms with E-state index in [1.54, 1.807) is 36.4 Å². The van der Waals surface area contributed by atoms with E-state index in [0.29, 0.717) is 22.1 Å². The van der Waals surface area contributed by atoms with E-state index in [0.717, 1.165) is 0 Å². The molecule has 1 amide bonds. The molecule has 24 heavy (non-hydrogen) atoms. The molecule has 7 heteroatoms. The van der Waals surface area contributed by atoms with Crippen LogP contribution in [0.1, 0.15) is 10.4 Å². The maximum Gasteiger partial charge on any atom is 0.336 e. The summed E-state index contributed by atoms with van der Waals surface area (Å²) < 4.78 is 10.3. The lowest BCUT2D eigenvalue weighted by Gasteiger charge is -2.11. The lowest BCUT2D eigenvalue weighted by Crippen LogP contribution is -2.14. The summed E-state index contributed by atoms with van der Waals surface area (Å²) in [5, 5.41) is 11.9. The smallest absolute Gasteiger partial charge is 0.336 e. The van der Waals surface area contributed by atoms with Crippen molar-refractivity contribution in [1.29, 1.82) is 0 Å². The van der Waals surface area contributed by atoms with Crippen LogP contribution in [0.5, 0.6) is 11.5 Å². The van der Waals surface area contributed by atoms with Crippen molar-refractivity contribution in [1.82, 2.24) is 0 Å². The molecule has 2 rings (SSSR count). The van der Waals surface area contributed by atoms with E-state index in [2.05, 4.69) is 5.32 Å². The van der Waals surface area contributed by atoms with E-state index in [9.17, 15) is 9.59 Å². The highest BCUT2D eigenvalue weighted by Gasteiger charge is 2.12. The predicted molar refractivity (Wildman–Crippen MR) is 92.3 cm³/mol. The maximum absolute atomic E-state index is 12.1. The quantitative estimate of drug-likeness (QED) is 0.749. The van der Waals surface area contributed by atoms with Crippen molar-refractivity contribution < 1.29 is 24.2 Å². The van der Waals surface area contributed by atoms with Crippen LogP contribution in [-0.2, 0) is 4.79 Å². The van der Waals surface area contributed by atoms with Gasteiger partial charge in [0.15, 0.2) is 11.5 Å². The van der Waals surface area contributed by atoms with Gasteiger partial charge in [0.1, 0.15) is 0 Å². The molecule has 2 aromatic rings. The molecule has 0 aliphatic carbocycles. The first-order valence-electron chi connectivity index (χ1n) is 7.02. The monoisotopic (exact) mass is 347 g/mol. The fourth-order valence-corrected chi connectivity index (χ4v) is 2.87. The Hall–Kier alpha value is -2.67. The van der Waals surface area contributed by atoms with E-state index in [1.165, 1.54) is 32.0 Å². The second kappa shape index (κ2) is 8.26. The van der Waals surface area contributed by atoms with Crippen molar-refractivity contribution >= 4 is 29.3 Å². The van der Waals surface area contributed by atoms with Crippen molar-refractivity contribution in [2.75, 3.05) is 25.3 Å². The Morgan fingerprint density at radius 1 is 1.08 bits per heavy atom. The average molecular weight is 347 g/mol. The number of ether oxygens (including phenoxy) is 2. The number of carbonyl (C=O) groups excluding carboxylic acids is 1. The Labute approximate surface area is 143 Å². The van der Waals surface area contributed by atoms with E-state index < -0.39 is 5.97 Å². The lowest BCUT2D eigenvalue weighted by atomic mass is 10.2. The molecule has 0 atom stereocenters. The van der Waals surface area contributed by atoms with Crippen LogP contribution >= 0.6 is 11.8 Å².